The molecule has 0 saturated heterocycles. The maximum atomic E-state index is 11.9. The standard InChI is InChI=1S/C21H23ClN2O4/c1-14-6-3-4-7-17(14)23-19(25)8-5-9-21(27)28-13-20(26)24-18-12-16(22)11-10-15(18)2/h3-4,6-7,10-12H,5,8-9,13H2,1-2H3,(H,23,25)(H,24,26). The van der Waals surface area contributed by atoms with Gasteiger partial charge in [-0.2, -0.15) is 0 Å². The Morgan fingerprint density at radius 3 is 2.32 bits per heavy atom. The third kappa shape index (κ3) is 7.04. The lowest BCUT2D eigenvalue weighted by atomic mass is 10.2. The van der Waals surface area contributed by atoms with E-state index in [2.05, 4.69) is 10.6 Å². The van der Waals surface area contributed by atoms with Crippen LogP contribution in [0.1, 0.15) is 30.4 Å². The molecule has 0 aliphatic rings. The van der Waals surface area contributed by atoms with Crippen molar-refractivity contribution in [1.29, 1.82) is 0 Å². The first kappa shape index (κ1) is 21.4. The van der Waals surface area contributed by atoms with Gasteiger partial charge in [-0.05, 0) is 49.6 Å². The zero-order valence-corrected chi connectivity index (χ0v) is 16.6. The van der Waals surface area contributed by atoms with Gasteiger partial charge in [-0.15, -0.1) is 0 Å². The molecule has 2 aromatic rings. The summed E-state index contributed by atoms with van der Waals surface area (Å²) in [7, 11) is 0. The number of nitrogens with one attached hydrogen (secondary N) is 2. The van der Waals surface area contributed by atoms with Crippen molar-refractivity contribution < 1.29 is 19.1 Å². The maximum Gasteiger partial charge on any atom is 0.306 e. The second-order valence-corrected chi connectivity index (χ2v) is 6.82. The number of rotatable bonds is 8. The monoisotopic (exact) mass is 402 g/mol. The van der Waals surface area contributed by atoms with Gasteiger partial charge in [0.1, 0.15) is 0 Å². The summed E-state index contributed by atoms with van der Waals surface area (Å²) in [5.74, 6) is -1.14. The van der Waals surface area contributed by atoms with Gasteiger partial charge >= 0.3 is 5.97 Å². The van der Waals surface area contributed by atoms with Crippen LogP contribution < -0.4 is 10.6 Å². The van der Waals surface area contributed by atoms with E-state index in [1.165, 1.54) is 0 Å². The van der Waals surface area contributed by atoms with Gasteiger partial charge in [0.2, 0.25) is 5.91 Å². The predicted octanol–water partition coefficient (Wildman–Crippen LogP) is 4.25. The fourth-order valence-corrected chi connectivity index (χ4v) is 2.62. The Kier molecular flexibility index (Phi) is 8.02. The fraction of sp³-hybridized carbons (Fsp3) is 0.286. The zero-order valence-electron chi connectivity index (χ0n) is 15.9. The topological polar surface area (TPSA) is 84.5 Å². The van der Waals surface area contributed by atoms with Gasteiger partial charge in [-0.1, -0.05) is 35.9 Å². The van der Waals surface area contributed by atoms with Crippen LogP contribution in [0.2, 0.25) is 5.02 Å². The van der Waals surface area contributed by atoms with Crippen molar-refractivity contribution in [2.75, 3.05) is 17.2 Å². The minimum Gasteiger partial charge on any atom is -0.456 e. The Balaban J connectivity index is 1.67. The Morgan fingerprint density at radius 1 is 0.893 bits per heavy atom. The third-order valence-corrected chi connectivity index (χ3v) is 4.28. The summed E-state index contributed by atoms with van der Waals surface area (Å²) in [6.45, 7) is 3.35. The second-order valence-electron chi connectivity index (χ2n) is 6.38. The minimum atomic E-state index is -0.526. The third-order valence-electron chi connectivity index (χ3n) is 4.04. The van der Waals surface area contributed by atoms with E-state index < -0.39 is 11.9 Å². The Labute approximate surface area is 169 Å². The highest BCUT2D eigenvalue weighted by atomic mass is 35.5. The normalized spacial score (nSPS) is 10.2. The van der Waals surface area contributed by atoms with Crippen LogP contribution in [0, 0.1) is 13.8 Å². The molecule has 0 fully saturated rings. The van der Waals surface area contributed by atoms with Crippen LogP contribution in [0.3, 0.4) is 0 Å². The molecule has 28 heavy (non-hydrogen) atoms. The van der Waals surface area contributed by atoms with Crippen molar-refractivity contribution in [2.24, 2.45) is 0 Å². The summed E-state index contributed by atoms with van der Waals surface area (Å²) in [6.07, 6.45) is 0.591. The van der Waals surface area contributed by atoms with E-state index in [-0.39, 0.29) is 25.4 Å². The van der Waals surface area contributed by atoms with Crippen LogP contribution in [0.25, 0.3) is 0 Å². The Bertz CT molecular complexity index is 867. The van der Waals surface area contributed by atoms with E-state index in [4.69, 9.17) is 16.3 Å². The molecular formula is C21H23ClN2O4. The van der Waals surface area contributed by atoms with Gasteiger partial charge in [0.15, 0.2) is 6.61 Å². The lowest BCUT2D eigenvalue weighted by Crippen LogP contribution is -2.21. The Hall–Kier alpha value is -2.86. The van der Waals surface area contributed by atoms with Gasteiger partial charge in [0.25, 0.3) is 5.91 Å². The molecule has 0 aromatic heterocycles. The lowest BCUT2D eigenvalue weighted by molar-refractivity contribution is -0.147. The van der Waals surface area contributed by atoms with Crippen LogP contribution in [-0.2, 0) is 19.1 Å². The molecule has 0 saturated carbocycles. The number of ether oxygens (including phenoxy) is 1. The predicted molar refractivity (Wildman–Crippen MR) is 109 cm³/mol. The first-order valence-corrected chi connectivity index (χ1v) is 9.30. The molecule has 2 rings (SSSR count). The van der Waals surface area contributed by atoms with E-state index in [0.717, 1.165) is 16.8 Å². The number of esters is 1. The van der Waals surface area contributed by atoms with Gasteiger partial charge < -0.3 is 15.4 Å². The number of anilines is 2. The average Bonchev–Trinajstić information content (AvgIpc) is 2.65. The molecular weight excluding hydrogens is 380 g/mol. The quantitative estimate of drug-likeness (QED) is 0.646. The number of carbonyl (C=O) groups excluding carboxylic acids is 3. The summed E-state index contributed by atoms with van der Waals surface area (Å²) >= 11 is 5.90. The SMILES string of the molecule is Cc1ccccc1NC(=O)CCCC(=O)OCC(=O)Nc1cc(Cl)ccc1C. The molecule has 148 valence electrons. The highest BCUT2D eigenvalue weighted by Crippen LogP contribution is 2.20. The second kappa shape index (κ2) is 10.5. The summed E-state index contributed by atoms with van der Waals surface area (Å²) in [5, 5.41) is 5.96. The highest BCUT2D eigenvalue weighted by Gasteiger charge is 2.11. The minimum absolute atomic E-state index is 0.0602. The molecule has 0 heterocycles. The first-order valence-electron chi connectivity index (χ1n) is 8.92. The molecule has 0 bridgehead atoms. The van der Waals surface area contributed by atoms with Crippen molar-refractivity contribution in [2.45, 2.75) is 33.1 Å². The van der Waals surface area contributed by atoms with E-state index in [9.17, 15) is 14.4 Å². The van der Waals surface area contributed by atoms with Gasteiger partial charge in [0.05, 0.1) is 0 Å². The summed E-state index contributed by atoms with van der Waals surface area (Å²) in [4.78, 5) is 35.6. The van der Waals surface area contributed by atoms with E-state index in [0.29, 0.717) is 17.1 Å². The zero-order chi connectivity index (χ0) is 20.5. The van der Waals surface area contributed by atoms with Gasteiger partial charge in [0, 0.05) is 29.2 Å². The molecule has 2 aromatic carbocycles. The maximum absolute atomic E-state index is 11.9. The average molecular weight is 403 g/mol. The van der Waals surface area contributed by atoms with Crippen molar-refractivity contribution in [1.82, 2.24) is 0 Å². The number of hydrogen-bond donors (Lipinski definition) is 2. The van der Waals surface area contributed by atoms with Crippen molar-refractivity contribution in [3.05, 3.63) is 58.6 Å². The summed E-state index contributed by atoms with van der Waals surface area (Å²) in [6, 6.07) is 12.6. The van der Waals surface area contributed by atoms with Gasteiger partial charge in [-0.25, -0.2) is 0 Å². The summed E-state index contributed by atoms with van der Waals surface area (Å²) < 4.78 is 4.95. The number of para-hydroxylation sites is 1. The molecule has 2 amide bonds. The Morgan fingerprint density at radius 2 is 1.57 bits per heavy atom. The molecule has 7 heteroatoms. The van der Waals surface area contributed by atoms with Crippen LogP contribution in [0.5, 0.6) is 0 Å². The van der Waals surface area contributed by atoms with Crippen LogP contribution in [0.15, 0.2) is 42.5 Å². The van der Waals surface area contributed by atoms with E-state index in [1.54, 1.807) is 18.2 Å². The van der Waals surface area contributed by atoms with Gasteiger partial charge in [-0.3, -0.25) is 14.4 Å². The molecule has 0 unspecified atom stereocenters. The smallest absolute Gasteiger partial charge is 0.306 e. The molecule has 2 N–H and O–H groups in total. The van der Waals surface area contributed by atoms with Crippen molar-refractivity contribution in [3.63, 3.8) is 0 Å². The van der Waals surface area contributed by atoms with E-state index in [1.807, 2.05) is 38.1 Å². The number of halogens is 1. The van der Waals surface area contributed by atoms with Crippen molar-refractivity contribution in [3.8, 4) is 0 Å². The number of benzene rings is 2. The van der Waals surface area contributed by atoms with Crippen LogP contribution in [-0.4, -0.2) is 24.4 Å². The largest absolute Gasteiger partial charge is 0.456 e. The number of hydrogen-bond acceptors (Lipinski definition) is 4. The highest BCUT2D eigenvalue weighted by molar-refractivity contribution is 6.31. The molecule has 0 atom stereocenters. The van der Waals surface area contributed by atoms with Crippen LogP contribution >= 0.6 is 11.6 Å². The molecule has 0 spiro atoms. The van der Waals surface area contributed by atoms with Crippen molar-refractivity contribution >= 4 is 40.8 Å². The molecule has 0 aliphatic carbocycles. The number of amides is 2. The van der Waals surface area contributed by atoms with Crippen LogP contribution in [0.4, 0.5) is 11.4 Å². The number of aryl methyl sites for hydroxylation is 2. The summed E-state index contributed by atoms with van der Waals surface area (Å²) in [5.41, 5.74) is 3.14. The number of carbonyl (C=O) groups is 3. The van der Waals surface area contributed by atoms with E-state index >= 15 is 0 Å². The molecule has 0 radical (unpaired) electrons. The first-order chi connectivity index (χ1) is 13.3. The lowest BCUT2D eigenvalue weighted by Gasteiger charge is -2.10. The fourth-order valence-electron chi connectivity index (χ4n) is 2.45. The molecule has 0 aliphatic heterocycles. The molecule has 6 nitrogen and oxygen atoms in total.